The van der Waals surface area contributed by atoms with Crippen LogP contribution in [-0.2, 0) is 6.18 Å². The van der Waals surface area contributed by atoms with E-state index in [1.807, 2.05) is 0 Å². The number of primary amides is 1. The van der Waals surface area contributed by atoms with E-state index in [-0.39, 0.29) is 11.3 Å². The quantitative estimate of drug-likeness (QED) is 0.907. The maximum Gasteiger partial charge on any atom is 0.434 e. The molecular formula is C12H8F3N3O. The molecule has 2 rings (SSSR count). The van der Waals surface area contributed by atoms with Gasteiger partial charge in [0.15, 0.2) is 5.69 Å². The van der Waals surface area contributed by atoms with Crippen LogP contribution in [0.2, 0.25) is 0 Å². The highest BCUT2D eigenvalue weighted by Crippen LogP contribution is 2.28. The number of benzene rings is 1. The third kappa shape index (κ3) is 2.87. The highest BCUT2D eigenvalue weighted by atomic mass is 19.4. The van der Waals surface area contributed by atoms with Gasteiger partial charge < -0.3 is 5.73 Å². The summed E-state index contributed by atoms with van der Waals surface area (Å²) in [5, 5.41) is 0. The maximum absolute atomic E-state index is 12.5. The molecule has 0 fully saturated rings. The predicted molar refractivity (Wildman–Crippen MR) is 61.0 cm³/mol. The lowest BCUT2D eigenvalue weighted by Crippen LogP contribution is -2.10. The first-order valence-corrected chi connectivity index (χ1v) is 5.17. The van der Waals surface area contributed by atoms with Crippen LogP contribution < -0.4 is 5.73 Å². The molecule has 7 heteroatoms. The van der Waals surface area contributed by atoms with E-state index in [9.17, 15) is 18.0 Å². The molecule has 0 radical (unpaired) electrons. The zero-order valence-electron chi connectivity index (χ0n) is 9.48. The largest absolute Gasteiger partial charge is 0.434 e. The molecule has 4 nitrogen and oxygen atoms in total. The monoisotopic (exact) mass is 267 g/mol. The maximum atomic E-state index is 12.5. The number of rotatable bonds is 2. The van der Waals surface area contributed by atoms with E-state index in [1.165, 1.54) is 30.5 Å². The number of hydrogen-bond acceptors (Lipinski definition) is 3. The summed E-state index contributed by atoms with van der Waals surface area (Å²) in [5.74, 6) is -0.610. The summed E-state index contributed by atoms with van der Waals surface area (Å²) in [4.78, 5) is 17.9. The number of nitrogens with two attached hydrogens (primary N) is 1. The molecule has 1 heterocycles. The molecule has 98 valence electrons. The Hall–Kier alpha value is -2.44. The van der Waals surface area contributed by atoms with E-state index < -0.39 is 17.8 Å². The molecule has 0 aliphatic carbocycles. The minimum Gasteiger partial charge on any atom is -0.366 e. The molecule has 0 aliphatic heterocycles. The highest BCUT2D eigenvalue weighted by Gasteiger charge is 2.33. The molecule has 2 N–H and O–H groups in total. The Bertz CT molecular complexity index is 608. The smallest absolute Gasteiger partial charge is 0.366 e. The number of nitrogens with zero attached hydrogens (tertiary/aromatic N) is 2. The molecule has 1 amide bonds. The highest BCUT2D eigenvalue weighted by molar-refractivity contribution is 5.93. The molecule has 19 heavy (non-hydrogen) atoms. The van der Waals surface area contributed by atoms with Gasteiger partial charge >= 0.3 is 6.18 Å². The van der Waals surface area contributed by atoms with Crippen molar-refractivity contribution in [2.45, 2.75) is 6.18 Å². The van der Waals surface area contributed by atoms with Gasteiger partial charge in [-0.05, 0) is 12.1 Å². The first-order chi connectivity index (χ1) is 8.88. The molecular weight excluding hydrogens is 259 g/mol. The summed E-state index contributed by atoms with van der Waals surface area (Å²) >= 11 is 0. The molecule has 0 spiro atoms. The van der Waals surface area contributed by atoms with Crippen LogP contribution in [0, 0.1) is 0 Å². The topological polar surface area (TPSA) is 68.9 Å². The van der Waals surface area contributed by atoms with Crippen LogP contribution in [0.15, 0.2) is 36.7 Å². The van der Waals surface area contributed by atoms with Crippen LogP contribution in [0.3, 0.4) is 0 Å². The van der Waals surface area contributed by atoms with Crippen LogP contribution in [-0.4, -0.2) is 15.9 Å². The summed E-state index contributed by atoms with van der Waals surface area (Å²) < 4.78 is 37.5. The van der Waals surface area contributed by atoms with Gasteiger partial charge in [0.2, 0.25) is 5.91 Å². The second kappa shape index (κ2) is 4.68. The molecule has 0 atom stereocenters. The van der Waals surface area contributed by atoms with Crippen molar-refractivity contribution in [2.24, 2.45) is 5.73 Å². The van der Waals surface area contributed by atoms with Crippen molar-refractivity contribution in [1.29, 1.82) is 0 Å². The minimum absolute atomic E-state index is 0.0749. The second-order valence-electron chi connectivity index (χ2n) is 3.73. The van der Waals surface area contributed by atoms with Gasteiger partial charge in [0, 0.05) is 11.1 Å². The number of alkyl halides is 3. The van der Waals surface area contributed by atoms with E-state index >= 15 is 0 Å². The van der Waals surface area contributed by atoms with Crippen LogP contribution in [0.25, 0.3) is 11.3 Å². The Morgan fingerprint density at radius 1 is 1.11 bits per heavy atom. The van der Waals surface area contributed by atoms with Crippen molar-refractivity contribution in [2.75, 3.05) is 0 Å². The molecule has 0 unspecified atom stereocenters. The third-order valence-corrected chi connectivity index (χ3v) is 2.39. The fourth-order valence-corrected chi connectivity index (χ4v) is 1.45. The average molecular weight is 267 g/mol. The Labute approximate surface area is 106 Å². The van der Waals surface area contributed by atoms with Gasteiger partial charge in [-0.15, -0.1) is 0 Å². The van der Waals surface area contributed by atoms with Crippen LogP contribution >= 0.6 is 0 Å². The predicted octanol–water partition coefficient (Wildman–Crippen LogP) is 2.26. The van der Waals surface area contributed by atoms with E-state index in [4.69, 9.17) is 5.73 Å². The Kier molecular flexibility index (Phi) is 3.20. The van der Waals surface area contributed by atoms with E-state index in [2.05, 4.69) is 9.97 Å². The average Bonchev–Trinajstić information content (AvgIpc) is 2.38. The molecule has 1 aromatic carbocycles. The zero-order valence-corrected chi connectivity index (χ0v) is 9.48. The lowest BCUT2D eigenvalue weighted by Gasteiger charge is -2.07. The van der Waals surface area contributed by atoms with Crippen molar-refractivity contribution < 1.29 is 18.0 Å². The van der Waals surface area contributed by atoms with Crippen LogP contribution in [0.4, 0.5) is 13.2 Å². The van der Waals surface area contributed by atoms with Crippen LogP contribution in [0.1, 0.15) is 16.1 Å². The normalized spacial score (nSPS) is 11.3. The van der Waals surface area contributed by atoms with Gasteiger partial charge in [0.05, 0.1) is 18.1 Å². The fraction of sp³-hybridized carbons (Fsp3) is 0.0833. The number of carbonyl (C=O) groups excluding carboxylic acids is 1. The summed E-state index contributed by atoms with van der Waals surface area (Å²) in [6.07, 6.45) is -2.67. The van der Waals surface area contributed by atoms with Crippen molar-refractivity contribution in [1.82, 2.24) is 9.97 Å². The first-order valence-electron chi connectivity index (χ1n) is 5.17. The van der Waals surface area contributed by atoms with Crippen molar-refractivity contribution in [3.8, 4) is 11.3 Å². The van der Waals surface area contributed by atoms with Gasteiger partial charge in [-0.3, -0.25) is 9.78 Å². The number of carbonyl (C=O) groups is 1. The standard InChI is InChI=1S/C12H8F3N3O/c13-12(14,15)10-6-17-5-9(18-10)7-1-3-8(4-2-7)11(16)19/h1-6H,(H2,16,19). The first kappa shape index (κ1) is 13.0. The summed E-state index contributed by atoms with van der Waals surface area (Å²) in [7, 11) is 0. The molecule has 0 bridgehead atoms. The lowest BCUT2D eigenvalue weighted by molar-refractivity contribution is -0.141. The van der Waals surface area contributed by atoms with Gasteiger partial charge in [-0.1, -0.05) is 12.1 Å². The molecule has 0 saturated heterocycles. The molecule has 2 aromatic rings. The SMILES string of the molecule is NC(=O)c1ccc(-c2cncc(C(F)(F)F)n2)cc1. The second-order valence-corrected chi connectivity index (χ2v) is 3.73. The Morgan fingerprint density at radius 3 is 2.26 bits per heavy atom. The molecule has 0 saturated carbocycles. The number of hydrogen-bond donors (Lipinski definition) is 1. The zero-order chi connectivity index (χ0) is 14.0. The summed E-state index contributed by atoms with van der Waals surface area (Å²) in [5.41, 5.74) is 4.76. The third-order valence-electron chi connectivity index (χ3n) is 2.39. The van der Waals surface area contributed by atoms with Crippen LogP contribution in [0.5, 0.6) is 0 Å². The van der Waals surface area contributed by atoms with Crippen molar-refractivity contribution in [3.05, 3.63) is 47.9 Å². The Morgan fingerprint density at radius 2 is 1.74 bits per heavy atom. The van der Waals surface area contributed by atoms with Gasteiger partial charge in [0.1, 0.15) is 0 Å². The molecule has 1 aromatic heterocycles. The molecule has 0 aliphatic rings. The van der Waals surface area contributed by atoms with Crippen molar-refractivity contribution in [3.63, 3.8) is 0 Å². The summed E-state index contributed by atoms with van der Waals surface area (Å²) in [6.45, 7) is 0. The number of aromatic nitrogens is 2. The van der Waals surface area contributed by atoms with E-state index in [1.54, 1.807) is 0 Å². The van der Waals surface area contributed by atoms with E-state index in [0.717, 1.165) is 0 Å². The van der Waals surface area contributed by atoms with Crippen molar-refractivity contribution >= 4 is 5.91 Å². The van der Waals surface area contributed by atoms with Gasteiger partial charge in [-0.2, -0.15) is 13.2 Å². The Balaban J connectivity index is 2.39. The van der Waals surface area contributed by atoms with Gasteiger partial charge in [0.25, 0.3) is 0 Å². The number of amides is 1. The number of halogens is 3. The van der Waals surface area contributed by atoms with E-state index in [0.29, 0.717) is 11.8 Å². The summed E-state index contributed by atoms with van der Waals surface area (Å²) in [6, 6.07) is 5.76. The fourth-order valence-electron chi connectivity index (χ4n) is 1.45. The van der Waals surface area contributed by atoms with Gasteiger partial charge in [-0.25, -0.2) is 4.98 Å². The minimum atomic E-state index is -4.55. The lowest BCUT2D eigenvalue weighted by atomic mass is 10.1.